The monoisotopic (exact) mass is 384 g/mol. The fourth-order valence-corrected chi connectivity index (χ4v) is 4.97. The van der Waals surface area contributed by atoms with E-state index in [1.54, 1.807) is 7.11 Å². The first-order chi connectivity index (χ1) is 14.0. The number of rotatable bonds is 3. The molecule has 0 saturated carbocycles. The van der Waals surface area contributed by atoms with Crippen LogP contribution in [0.1, 0.15) is 25.0 Å². The minimum Gasteiger partial charge on any atom is -0.496 e. The van der Waals surface area contributed by atoms with E-state index in [0.717, 1.165) is 27.8 Å². The van der Waals surface area contributed by atoms with Gasteiger partial charge in [0.1, 0.15) is 11.4 Å². The summed E-state index contributed by atoms with van der Waals surface area (Å²) in [5.74, 6) is 0.864. The van der Waals surface area contributed by atoms with Crippen molar-refractivity contribution >= 4 is 28.4 Å². The molecule has 29 heavy (non-hydrogen) atoms. The highest BCUT2D eigenvalue weighted by Crippen LogP contribution is 2.53. The Labute approximate surface area is 170 Å². The smallest absolute Gasteiger partial charge is 0.241 e. The summed E-state index contributed by atoms with van der Waals surface area (Å²) in [6.07, 6.45) is 4.25. The van der Waals surface area contributed by atoms with Crippen LogP contribution in [0, 0.1) is 0 Å². The van der Waals surface area contributed by atoms with E-state index >= 15 is 0 Å². The lowest BCUT2D eigenvalue weighted by Crippen LogP contribution is -2.58. The second-order valence-corrected chi connectivity index (χ2v) is 8.28. The van der Waals surface area contributed by atoms with Gasteiger partial charge >= 0.3 is 0 Å². The Bertz CT molecular complexity index is 1160. The Hall–Kier alpha value is -3.27. The number of hydrogen-bond acceptors (Lipinski definition) is 3. The van der Waals surface area contributed by atoms with Crippen LogP contribution in [-0.2, 0) is 10.2 Å². The first kappa shape index (κ1) is 17.8. The molecule has 0 aromatic heterocycles. The third kappa shape index (κ3) is 2.35. The van der Waals surface area contributed by atoms with E-state index in [4.69, 9.17) is 4.74 Å². The van der Waals surface area contributed by atoms with Crippen molar-refractivity contribution in [1.82, 2.24) is 5.32 Å². The lowest BCUT2D eigenvalue weighted by molar-refractivity contribution is -0.118. The number of anilines is 1. The zero-order valence-corrected chi connectivity index (χ0v) is 16.9. The summed E-state index contributed by atoms with van der Waals surface area (Å²) in [5.41, 5.74) is 2.48. The molecule has 1 fully saturated rings. The highest BCUT2D eigenvalue weighted by Gasteiger charge is 2.59. The molecular formula is C25H24N2O2. The molecule has 1 saturated heterocycles. The molecule has 1 atom stereocenters. The van der Waals surface area contributed by atoms with E-state index in [-0.39, 0.29) is 11.3 Å². The first-order valence-corrected chi connectivity index (χ1v) is 9.91. The summed E-state index contributed by atoms with van der Waals surface area (Å²) >= 11 is 0. The Morgan fingerprint density at radius 1 is 1.03 bits per heavy atom. The van der Waals surface area contributed by atoms with E-state index in [2.05, 4.69) is 72.6 Å². The number of nitrogens with one attached hydrogen (secondary N) is 1. The van der Waals surface area contributed by atoms with Crippen LogP contribution in [0.15, 0.2) is 66.7 Å². The van der Waals surface area contributed by atoms with E-state index in [1.807, 2.05) is 24.3 Å². The molecule has 0 bridgehead atoms. The number of methoxy groups -OCH3 is 1. The minimum atomic E-state index is -0.615. The summed E-state index contributed by atoms with van der Waals surface area (Å²) in [5, 5.41) is 5.57. The van der Waals surface area contributed by atoms with Crippen LogP contribution >= 0.6 is 0 Å². The summed E-state index contributed by atoms with van der Waals surface area (Å²) in [4.78, 5) is 14.7. The van der Waals surface area contributed by atoms with Crippen molar-refractivity contribution in [1.29, 1.82) is 0 Å². The molecule has 1 unspecified atom stereocenters. The summed E-state index contributed by atoms with van der Waals surface area (Å²) in [6.45, 7) is 4.75. The van der Waals surface area contributed by atoms with Crippen LogP contribution in [0.4, 0.5) is 5.69 Å². The normalized spacial score (nSPS) is 22.0. The highest BCUT2D eigenvalue weighted by atomic mass is 16.5. The predicted molar refractivity (Wildman–Crippen MR) is 117 cm³/mol. The van der Waals surface area contributed by atoms with Gasteiger partial charge in [0, 0.05) is 16.7 Å². The van der Waals surface area contributed by atoms with Gasteiger partial charge in [-0.15, -0.1) is 0 Å². The molecule has 4 heteroatoms. The van der Waals surface area contributed by atoms with Gasteiger partial charge in [-0.25, -0.2) is 0 Å². The van der Waals surface area contributed by atoms with E-state index in [1.165, 1.54) is 5.56 Å². The van der Waals surface area contributed by atoms with Gasteiger partial charge in [0.05, 0.1) is 13.7 Å². The van der Waals surface area contributed by atoms with Crippen molar-refractivity contribution in [3.63, 3.8) is 0 Å². The van der Waals surface area contributed by atoms with Gasteiger partial charge in [0.2, 0.25) is 5.91 Å². The molecule has 1 amide bonds. The van der Waals surface area contributed by atoms with Gasteiger partial charge in [-0.2, -0.15) is 0 Å². The Balaban J connectivity index is 1.70. The molecule has 0 aliphatic carbocycles. The van der Waals surface area contributed by atoms with Crippen molar-refractivity contribution in [2.24, 2.45) is 0 Å². The first-order valence-electron chi connectivity index (χ1n) is 9.91. The summed E-state index contributed by atoms with van der Waals surface area (Å²) in [7, 11) is 1.69. The second-order valence-electron chi connectivity index (χ2n) is 8.28. The molecule has 5 rings (SSSR count). The molecule has 0 radical (unpaired) electrons. The van der Waals surface area contributed by atoms with Crippen LogP contribution in [0.5, 0.6) is 5.75 Å². The standard InChI is InChI=1S/C25H24N2O2/c1-24(2)20-10-6-7-11-21(20)27-16-23(28)26-25(24,27)15-14-19-18-9-5-4-8-17(18)12-13-22(19)29-3/h4-15H,16H2,1-3H3,(H,26,28)/b15-14+. The SMILES string of the molecule is COc1ccc2ccccc2c1/C=C/C12NC(=O)CN1c1ccccc1C2(C)C. The maximum absolute atomic E-state index is 12.5. The molecule has 146 valence electrons. The molecule has 3 aromatic carbocycles. The zero-order chi connectivity index (χ0) is 20.2. The Morgan fingerprint density at radius 3 is 2.62 bits per heavy atom. The Kier molecular flexibility index (Phi) is 3.75. The number of para-hydroxylation sites is 1. The van der Waals surface area contributed by atoms with E-state index in [9.17, 15) is 4.79 Å². The van der Waals surface area contributed by atoms with Crippen molar-refractivity contribution in [2.75, 3.05) is 18.6 Å². The number of carbonyl (C=O) groups excluding carboxylic acids is 1. The molecule has 2 heterocycles. The average molecular weight is 384 g/mol. The van der Waals surface area contributed by atoms with Crippen molar-refractivity contribution in [3.8, 4) is 5.75 Å². The van der Waals surface area contributed by atoms with Crippen LogP contribution in [0.3, 0.4) is 0 Å². The zero-order valence-electron chi connectivity index (χ0n) is 16.9. The minimum absolute atomic E-state index is 0.0436. The maximum Gasteiger partial charge on any atom is 0.241 e. The number of fused-ring (bicyclic) bond motifs is 4. The van der Waals surface area contributed by atoms with Crippen molar-refractivity contribution in [3.05, 3.63) is 77.9 Å². The number of carbonyl (C=O) groups is 1. The molecule has 0 spiro atoms. The van der Waals surface area contributed by atoms with Gasteiger partial charge < -0.3 is 15.0 Å². The van der Waals surface area contributed by atoms with Crippen molar-refractivity contribution < 1.29 is 9.53 Å². The maximum atomic E-state index is 12.5. The topological polar surface area (TPSA) is 41.6 Å². The van der Waals surface area contributed by atoms with Gasteiger partial charge in [-0.05, 0) is 34.5 Å². The fourth-order valence-electron chi connectivity index (χ4n) is 4.97. The van der Waals surface area contributed by atoms with E-state index < -0.39 is 5.66 Å². The molecule has 2 aliphatic heterocycles. The molecule has 4 nitrogen and oxygen atoms in total. The second kappa shape index (κ2) is 6.11. The predicted octanol–water partition coefficient (Wildman–Crippen LogP) is 4.49. The molecule has 1 N–H and O–H groups in total. The number of nitrogens with zero attached hydrogens (tertiary/aromatic N) is 1. The van der Waals surface area contributed by atoms with Gasteiger partial charge in [-0.1, -0.05) is 68.5 Å². The third-order valence-electron chi connectivity index (χ3n) is 6.52. The van der Waals surface area contributed by atoms with Gasteiger partial charge in [0.15, 0.2) is 0 Å². The fraction of sp³-hybridized carbons (Fsp3) is 0.240. The number of ether oxygens (including phenoxy) is 1. The van der Waals surface area contributed by atoms with Crippen LogP contribution < -0.4 is 15.0 Å². The lowest BCUT2D eigenvalue weighted by atomic mass is 9.75. The summed E-state index contributed by atoms with van der Waals surface area (Å²) in [6, 6.07) is 20.7. The molecular weight excluding hydrogens is 360 g/mol. The van der Waals surface area contributed by atoms with E-state index in [0.29, 0.717) is 6.54 Å². The van der Waals surface area contributed by atoms with Crippen LogP contribution in [0.2, 0.25) is 0 Å². The quantitative estimate of drug-likeness (QED) is 0.724. The third-order valence-corrected chi connectivity index (χ3v) is 6.52. The van der Waals surface area contributed by atoms with Crippen LogP contribution in [0.25, 0.3) is 16.8 Å². The van der Waals surface area contributed by atoms with Gasteiger partial charge in [0.25, 0.3) is 0 Å². The Morgan fingerprint density at radius 2 is 1.79 bits per heavy atom. The molecule has 2 aliphatic rings. The van der Waals surface area contributed by atoms with Crippen LogP contribution in [-0.4, -0.2) is 25.2 Å². The van der Waals surface area contributed by atoms with Gasteiger partial charge in [-0.3, -0.25) is 4.79 Å². The van der Waals surface area contributed by atoms with Crippen molar-refractivity contribution in [2.45, 2.75) is 24.9 Å². The molecule has 3 aromatic rings. The number of benzene rings is 3. The average Bonchev–Trinajstić information content (AvgIpc) is 3.16. The summed E-state index contributed by atoms with van der Waals surface area (Å²) < 4.78 is 5.66. The number of hydrogen-bond donors (Lipinski definition) is 1. The number of amides is 1. The largest absolute Gasteiger partial charge is 0.496 e. The lowest BCUT2D eigenvalue weighted by Gasteiger charge is -2.40. The highest BCUT2D eigenvalue weighted by molar-refractivity contribution is 5.95.